The average molecular weight is 382 g/mol. The van der Waals surface area contributed by atoms with E-state index in [1.54, 1.807) is 6.07 Å². The summed E-state index contributed by atoms with van der Waals surface area (Å²) < 4.78 is 2.07. The van der Waals surface area contributed by atoms with Crippen LogP contribution in [0.4, 0.5) is 0 Å². The number of nitrogens with zero attached hydrogens (tertiary/aromatic N) is 3. The van der Waals surface area contributed by atoms with Gasteiger partial charge in [-0.3, -0.25) is 9.38 Å². The van der Waals surface area contributed by atoms with Crippen LogP contribution in [-0.4, -0.2) is 14.4 Å². The number of benzene rings is 2. The maximum absolute atomic E-state index is 6.54. The summed E-state index contributed by atoms with van der Waals surface area (Å²) in [5, 5.41) is 1.21. The van der Waals surface area contributed by atoms with Crippen LogP contribution >= 0.6 is 23.2 Å². The van der Waals surface area contributed by atoms with Crippen molar-refractivity contribution < 1.29 is 0 Å². The highest BCUT2D eigenvalue weighted by Crippen LogP contribution is 2.38. The molecule has 0 atom stereocenters. The highest BCUT2D eigenvalue weighted by molar-refractivity contribution is 6.36. The van der Waals surface area contributed by atoms with Crippen LogP contribution in [0.5, 0.6) is 0 Å². The van der Waals surface area contributed by atoms with Crippen LogP contribution in [0.2, 0.25) is 10.0 Å². The summed E-state index contributed by atoms with van der Waals surface area (Å²) in [5.41, 5.74) is 7.60. The minimum absolute atomic E-state index is 0.597. The first-order chi connectivity index (χ1) is 12.4. The van der Waals surface area contributed by atoms with E-state index >= 15 is 0 Å². The Morgan fingerprint density at radius 1 is 0.885 bits per heavy atom. The Hall–Kier alpha value is -2.36. The summed E-state index contributed by atoms with van der Waals surface area (Å²) in [7, 11) is 0. The van der Waals surface area contributed by atoms with E-state index in [1.165, 1.54) is 5.56 Å². The predicted octanol–water partition coefficient (Wildman–Crippen LogP) is 6.30. The van der Waals surface area contributed by atoms with Crippen molar-refractivity contribution in [2.24, 2.45) is 0 Å². The molecule has 2 aromatic carbocycles. The zero-order valence-corrected chi connectivity index (χ0v) is 16.2. The topological polar surface area (TPSA) is 30.2 Å². The van der Waals surface area contributed by atoms with Crippen LogP contribution in [-0.2, 0) is 0 Å². The Morgan fingerprint density at radius 2 is 1.62 bits per heavy atom. The molecule has 0 saturated carbocycles. The number of hydrogen-bond acceptors (Lipinski definition) is 2. The molecule has 0 saturated heterocycles. The molecule has 0 aliphatic carbocycles. The van der Waals surface area contributed by atoms with E-state index < -0.39 is 0 Å². The Morgan fingerprint density at radius 3 is 2.31 bits per heavy atom. The van der Waals surface area contributed by atoms with Gasteiger partial charge in [0.15, 0.2) is 5.65 Å². The van der Waals surface area contributed by atoms with Crippen molar-refractivity contribution in [3.8, 4) is 22.5 Å². The Labute approximate surface area is 162 Å². The zero-order valence-electron chi connectivity index (χ0n) is 14.7. The van der Waals surface area contributed by atoms with E-state index in [9.17, 15) is 0 Å². The Kier molecular flexibility index (Phi) is 4.22. The fraction of sp³-hybridized carbons (Fsp3) is 0.143. The second-order valence-corrected chi connectivity index (χ2v) is 7.30. The molecular formula is C21H17Cl2N3. The van der Waals surface area contributed by atoms with E-state index in [0.29, 0.717) is 10.0 Å². The Bertz CT molecular complexity index is 1130. The van der Waals surface area contributed by atoms with Crippen LogP contribution in [0.25, 0.3) is 28.2 Å². The van der Waals surface area contributed by atoms with E-state index in [-0.39, 0.29) is 0 Å². The van der Waals surface area contributed by atoms with Gasteiger partial charge in [-0.2, -0.15) is 0 Å². The van der Waals surface area contributed by atoms with E-state index in [4.69, 9.17) is 28.2 Å². The standard InChI is InChI=1S/C21H17Cl2N3/c1-12-4-6-15(7-5-12)19-20(17-9-8-16(22)10-18(17)23)26-11-13(2)24-14(3)21(26)25-19/h4-11H,1-3H3. The molecule has 0 radical (unpaired) electrons. The largest absolute Gasteiger partial charge is 0.296 e. The number of aromatic nitrogens is 3. The van der Waals surface area contributed by atoms with Gasteiger partial charge in [0, 0.05) is 22.3 Å². The SMILES string of the molecule is Cc1ccc(-c2nc3c(C)nc(C)cn3c2-c2ccc(Cl)cc2Cl)cc1. The number of aryl methyl sites for hydroxylation is 3. The average Bonchev–Trinajstić information content (AvgIpc) is 2.95. The van der Waals surface area contributed by atoms with Crippen molar-refractivity contribution in [1.29, 1.82) is 0 Å². The number of imidazole rings is 1. The van der Waals surface area contributed by atoms with Crippen LogP contribution in [0, 0.1) is 20.8 Å². The van der Waals surface area contributed by atoms with Crippen molar-refractivity contribution in [3.63, 3.8) is 0 Å². The summed E-state index contributed by atoms with van der Waals surface area (Å²) in [6.07, 6.45) is 1.99. The fourth-order valence-electron chi connectivity index (χ4n) is 3.20. The molecule has 0 N–H and O–H groups in total. The van der Waals surface area contributed by atoms with E-state index in [0.717, 1.165) is 39.5 Å². The maximum Gasteiger partial charge on any atom is 0.159 e. The number of fused-ring (bicyclic) bond motifs is 1. The molecular weight excluding hydrogens is 365 g/mol. The van der Waals surface area contributed by atoms with Gasteiger partial charge in [-0.15, -0.1) is 0 Å². The van der Waals surface area contributed by atoms with Crippen LogP contribution < -0.4 is 0 Å². The Balaban J connectivity index is 2.11. The summed E-state index contributed by atoms with van der Waals surface area (Å²) in [5.74, 6) is 0. The summed E-state index contributed by atoms with van der Waals surface area (Å²) >= 11 is 12.6. The van der Waals surface area contributed by atoms with Gasteiger partial charge in [0.05, 0.1) is 27.8 Å². The lowest BCUT2D eigenvalue weighted by Crippen LogP contribution is -1.96. The van der Waals surface area contributed by atoms with Gasteiger partial charge in [0.25, 0.3) is 0 Å². The third kappa shape index (κ3) is 2.87. The van der Waals surface area contributed by atoms with Gasteiger partial charge >= 0.3 is 0 Å². The van der Waals surface area contributed by atoms with Crippen LogP contribution in [0.1, 0.15) is 17.0 Å². The van der Waals surface area contributed by atoms with Crippen molar-refractivity contribution in [2.45, 2.75) is 20.8 Å². The van der Waals surface area contributed by atoms with E-state index in [1.807, 2.05) is 32.2 Å². The molecule has 26 heavy (non-hydrogen) atoms. The molecule has 0 unspecified atom stereocenters. The van der Waals surface area contributed by atoms with Gasteiger partial charge in [-0.25, -0.2) is 4.98 Å². The molecule has 2 heterocycles. The van der Waals surface area contributed by atoms with Gasteiger partial charge in [0.1, 0.15) is 0 Å². The van der Waals surface area contributed by atoms with Gasteiger partial charge in [-0.1, -0.05) is 53.0 Å². The van der Waals surface area contributed by atoms with Crippen molar-refractivity contribution >= 4 is 28.8 Å². The summed E-state index contributed by atoms with van der Waals surface area (Å²) in [6, 6.07) is 13.9. The number of rotatable bonds is 2. The molecule has 0 amide bonds. The molecule has 130 valence electrons. The normalized spacial score (nSPS) is 11.3. The lowest BCUT2D eigenvalue weighted by atomic mass is 10.0. The minimum Gasteiger partial charge on any atom is -0.296 e. The van der Waals surface area contributed by atoms with Gasteiger partial charge in [-0.05, 0) is 39.0 Å². The molecule has 0 aliphatic heterocycles. The van der Waals surface area contributed by atoms with Crippen LogP contribution in [0.3, 0.4) is 0 Å². The monoisotopic (exact) mass is 381 g/mol. The van der Waals surface area contributed by atoms with Crippen LogP contribution in [0.15, 0.2) is 48.7 Å². The number of hydrogen-bond donors (Lipinski definition) is 0. The first-order valence-electron chi connectivity index (χ1n) is 8.33. The molecule has 4 aromatic rings. The first kappa shape index (κ1) is 17.1. The van der Waals surface area contributed by atoms with Gasteiger partial charge in [0.2, 0.25) is 0 Å². The second kappa shape index (κ2) is 6.42. The molecule has 4 rings (SSSR count). The molecule has 3 nitrogen and oxygen atoms in total. The highest BCUT2D eigenvalue weighted by Gasteiger charge is 2.20. The lowest BCUT2D eigenvalue weighted by molar-refractivity contribution is 1.03. The summed E-state index contributed by atoms with van der Waals surface area (Å²) in [4.78, 5) is 9.46. The second-order valence-electron chi connectivity index (χ2n) is 6.46. The molecule has 0 bridgehead atoms. The molecule has 0 aliphatic rings. The van der Waals surface area contributed by atoms with E-state index in [2.05, 4.69) is 40.6 Å². The fourth-order valence-corrected chi connectivity index (χ4v) is 3.69. The summed E-state index contributed by atoms with van der Waals surface area (Å²) in [6.45, 7) is 6.02. The highest BCUT2D eigenvalue weighted by atomic mass is 35.5. The van der Waals surface area contributed by atoms with Gasteiger partial charge < -0.3 is 0 Å². The molecule has 5 heteroatoms. The minimum atomic E-state index is 0.597. The third-order valence-electron chi connectivity index (χ3n) is 4.41. The molecule has 0 fully saturated rings. The third-order valence-corrected chi connectivity index (χ3v) is 4.95. The molecule has 2 aromatic heterocycles. The quantitative estimate of drug-likeness (QED) is 0.408. The smallest absolute Gasteiger partial charge is 0.159 e. The zero-order chi connectivity index (χ0) is 18.4. The van der Waals surface area contributed by atoms with Crippen molar-refractivity contribution in [2.75, 3.05) is 0 Å². The van der Waals surface area contributed by atoms with Crippen molar-refractivity contribution in [1.82, 2.24) is 14.4 Å². The van der Waals surface area contributed by atoms with Crippen molar-refractivity contribution in [3.05, 3.63) is 75.7 Å². The lowest BCUT2D eigenvalue weighted by Gasteiger charge is -2.09. The maximum atomic E-state index is 6.54. The first-order valence-corrected chi connectivity index (χ1v) is 9.08. The molecule has 0 spiro atoms. The predicted molar refractivity (Wildman–Crippen MR) is 108 cm³/mol. The number of halogens is 2.